The van der Waals surface area contributed by atoms with Crippen LogP contribution in [0.15, 0.2) is 4.42 Å². The van der Waals surface area contributed by atoms with E-state index in [9.17, 15) is 0 Å². The molecule has 3 unspecified atom stereocenters. The molecule has 2 aliphatic rings. The first-order chi connectivity index (χ1) is 10.2. The van der Waals surface area contributed by atoms with Crippen molar-refractivity contribution < 1.29 is 4.42 Å². The second-order valence-electron chi connectivity index (χ2n) is 6.39. The predicted octanol–water partition coefficient (Wildman–Crippen LogP) is 1.80. The summed E-state index contributed by atoms with van der Waals surface area (Å²) in [7, 11) is 0. The maximum Gasteiger partial charge on any atom is 0.318 e. The summed E-state index contributed by atoms with van der Waals surface area (Å²) in [5, 5.41) is 11.9. The van der Waals surface area contributed by atoms with Crippen molar-refractivity contribution in [2.75, 3.05) is 31.1 Å². The number of rotatable bonds is 5. The summed E-state index contributed by atoms with van der Waals surface area (Å²) in [6.45, 7) is 10.8. The van der Waals surface area contributed by atoms with Crippen LogP contribution in [-0.2, 0) is 0 Å². The lowest BCUT2D eigenvalue weighted by atomic mass is 10.1. The van der Waals surface area contributed by atoms with Gasteiger partial charge in [-0.1, -0.05) is 12.0 Å². The number of hydrogen-bond acceptors (Lipinski definition) is 6. The number of anilines is 1. The minimum Gasteiger partial charge on any atom is -0.406 e. The van der Waals surface area contributed by atoms with E-state index < -0.39 is 0 Å². The van der Waals surface area contributed by atoms with E-state index in [1.54, 1.807) is 0 Å². The zero-order valence-electron chi connectivity index (χ0n) is 13.4. The first kappa shape index (κ1) is 14.8. The Morgan fingerprint density at radius 3 is 3.05 bits per heavy atom. The molecule has 2 saturated heterocycles. The van der Waals surface area contributed by atoms with Crippen molar-refractivity contribution in [1.82, 2.24) is 20.4 Å². The third-order valence-electron chi connectivity index (χ3n) is 4.68. The number of aromatic nitrogens is 2. The highest BCUT2D eigenvalue weighted by molar-refractivity contribution is 5.29. The van der Waals surface area contributed by atoms with Crippen molar-refractivity contribution in [2.45, 2.75) is 58.2 Å². The summed E-state index contributed by atoms with van der Waals surface area (Å²) in [5.41, 5.74) is 0. The van der Waals surface area contributed by atoms with Crippen LogP contribution in [0.1, 0.15) is 52.0 Å². The zero-order chi connectivity index (χ0) is 14.8. The van der Waals surface area contributed by atoms with E-state index in [4.69, 9.17) is 4.42 Å². The minimum atomic E-state index is 0.120. The van der Waals surface area contributed by atoms with Crippen LogP contribution in [0, 0.1) is 0 Å². The molecular weight excluding hydrogens is 266 g/mol. The third kappa shape index (κ3) is 3.06. The van der Waals surface area contributed by atoms with E-state index >= 15 is 0 Å². The number of fused-ring (bicyclic) bond motifs is 1. The van der Waals surface area contributed by atoms with Gasteiger partial charge in [0.05, 0.1) is 6.04 Å². The molecule has 0 aliphatic carbocycles. The Morgan fingerprint density at radius 1 is 1.38 bits per heavy atom. The standard InChI is InChI=1S/C15H27N5O/c1-4-7-16-12(3)14-17-18-15(21-14)20-10-13-6-5-8-19(13)9-11(20)2/h11-13,16H,4-10H2,1-3H3. The number of piperazine rings is 1. The van der Waals surface area contributed by atoms with E-state index in [1.165, 1.54) is 19.4 Å². The Bertz CT molecular complexity index is 463. The summed E-state index contributed by atoms with van der Waals surface area (Å²) in [4.78, 5) is 4.89. The molecule has 118 valence electrons. The van der Waals surface area contributed by atoms with Gasteiger partial charge in [-0.25, -0.2) is 0 Å². The van der Waals surface area contributed by atoms with Crippen LogP contribution in [0.3, 0.4) is 0 Å². The molecule has 3 rings (SSSR count). The fourth-order valence-corrected chi connectivity index (χ4v) is 3.42. The molecular formula is C15H27N5O. The molecule has 0 amide bonds. The Hall–Kier alpha value is -1.14. The highest BCUT2D eigenvalue weighted by Crippen LogP contribution is 2.28. The highest BCUT2D eigenvalue weighted by atomic mass is 16.4. The highest BCUT2D eigenvalue weighted by Gasteiger charge is 2.36. The Kier molecular flexibility index (Phi) is 4.45. The van der Waals surface area contributed by atoms with E-state index in [0.717, 1.165) is 26.1 Å². The third-order valence-corrected chi connectivity index (χ3v) is 4.68. The maximum atomic E-state index is 5.92. The SMILES string of the molecule is CCCNC(C)c1nnc(N2CC3CCCN3CC2C)o1. The largest absolute Gasteiger partial charge is 0.406 e. The van der Waals surface area contributed by atoms with Crippen LogP contribution in [0.2, 0.25) is 0 Å². The maximum absolute atomic E-state index is 5.92. The molecule has 1 aromatic heterocycles. The molecule has 6 nitrogen and oxygen atoms in total. The molecule has 6 heteroatoms. The van der Waals surface area contributed by atoms with Gasteiger partial charge in [0.1, 0.15) is 0 Å². The van der Waals surface area contributed by atoms with Gasteiger partial charge in [0.25, 0.3) is 0 Å². The lowest BCUT2D eigenvalue weighted by molar-refractivity contribution is 0.197. The Balaban J connectivity index is 1.67. The van der Waals surface area contributed by atoms with Gasteiger partial charge in [-0.2, -0.15) is 0 Å². The number of hydrogen-bond donors (Lipinski definition) is 1. The Morgan fingerprint density at radius 2 is 2.24 bits per heavy atom. The number of nitrogens with zero attached hydrogens (tertiary/aromatic N) is 4. The molecule has 2 aliphatic heterocycles. The van der Waals surface area contributed by atoms with Gasteiger partial charge in [0.2, 0.25) is 5.89 Å². The Labute approximate surface area is 126 Å². The quantitative estimate of drug-likeness (QED) is 0.893. The normalized spacial score (nSPS) is 27.9. The van der Waals surface area contributed by atoms with Crippen LogP contribution in [0.25, 0.3) is 0 Å². The average molecular weight is 293 g/mol. The summed E-state index contributed by atoms with van der Waals surface area (Å²) >= 11 is 0. The summed E-state index contributed by atoms with van der Waals surface area (Å²) in [6.07, 6.45) is 3.71. The van der Waals surface area contributed by atoms with E-state index in [0.29, 0.717) is 24.0 Å². The van der Waals surface area contributed by atoms with Crippen molar-refractivity contribution in [2.24, 2.45) is 0 Å². The van der Waals surface area contributed by atoms with Crippen LogP contribution in [-0.4, -0.2) is 53.4 Å². The second kappa shape index (κ2) is 6.32. The van der Waals surface area contributed by atoms with E-state index in [2.05, 4.69) is 46.1 Å². The fourth-order valence-electron chi connectivity index (χ4n) is 3.42. The first-order valence-electron chi connectivity index (χ1n) is 8.26. The van der Waals surface area contributed by atoms with Crippen molar-refractivity contribution in [1.29, 1.82) is 0 Å². The second-order valence-corrected chi connectivity index (χ2v) is 6.39. The van der Waals surface area contributed by atoms with Crippen molar-refractivity contribution >= 4 is 6.01 Å². The van der Waals surface area contributed by atoms with Gasteiger partial charge in [0.15, 0.2) is 0 Å². The van der Waals surface area contributed by atoms with Gasteiger partial charge in [-0.15, -0.1) is 5.10 Å². The monoisotopic (exact) mass is 293 g/mol. The van der Waals surface area contributed by atoms with Gasteiger partial charge < -0.3 is 14.6 Å². The molecule has 1 N–H and O–H groups in total. The average Bonchev–Trinajstić information content (AvgIpc) is 3.11. The molecule has 0 radical (unpaired) electrons. The van der Waals surface area contributed by atoms with Crippen LogP contribution in [0.4, 0.5) is 6.01 Å². The van der Waals surface area contributed by atoms with Crippen molar-refractivity contribution in [3.05, 3.63) is 5.89 Å². The topological polar surface area (TPSA) is 57.4 Å². The number of nitrogens with one attached hydrogen (secondary N) is 1. The fraction of sp³-hybridized carbons (Fsp3) is 0.867. The zero-order valence-corrected chi connectivity index (χ0v) is 13.4. The van der Waals surface area contributed by atoms with Gasteiger partial charge in [0, 0.05) is 25.2 Å². The lowest BCUT2D eigenvalue weighted by Gasteiger charge is -2.41. The molecule has 0 saturated carbocycles. The van der Waals surface area contributed by atoms with Crippen LogP contribution in [0.5, 0.6) is 0 Å². The first-order valence-corrected chi connectivity index (χ1v) is 8.26. The smallest absolute Gasteiger partial charge is 0.318 e. The molecule has 0 bridgehead atoms. The van der Waals surface area contributed by atoms with Gasteiger partial charge >= 0.3 is 6.01 Å². The lowest BCUT2D eigenvalue weighted by Crippen LogP contribution is -2.55. The van der Waals surface area contributed by atoms with Gasteiger partial charge in [-0.3, -0.25) is 4.90 Å². The molecule has 0 aromatic carbocycles. The molecule has 21 heavy (non-hydrogen) atoms. The summed E-state index contributed by atoms with van der Waals surface area (Å²) < 4.78 is 5.92. The van der Waals surface area contributed by atoms with E-state index in [1.807, 2.05) is 0 Å². The van der Waals surface area contributed by atoms with Crippen molar-refractivity contribution in [3.8, 4) is 0 Å². The van der Waals surface area contributed by atoms with Gasteiger partial charge in [-0.05, 0) is 46.2 Å². The summed E-state index contributed by atoms with van der Waals surface area (Å²) in [6, 6.07) is 1.90. The van der Waals surface area contributed by atoms with E-state index in [-0.39, 0.29) is 6.04 Å². The molecule has 2 fully saturated rings. The predicted molar refractivity (Wildman–Crippen MR) is 82.4 cm³/mol. The van der Waals surface area contributed by atoms with Crippen LogP contribution < -0.4 is 10.2 Å². The minimum absolute atomic E-state index is 0.120. The van der Waals surface area contributed by atoms with Crippen molar-refractivity contribution in [3.63, 3.8) is 0 Å². The molecule has 3 atom stereocenters. The molecule has 1 aromatic rings. The summed E-state index contributed by atoms with van der Waals surface area (Å²) in [5.74, 6) is 0.694. The molecule has 3 heterocycles. The van der Waals surface area contributed by atoms with Crippen LogP contribution >= 0.6 is 0 Å². The molecule has 0 spiro atoms.